The Balaban J connectivity index is 1.65. The molecule has 1 amide bonds. The zero-order valence-corrected chi connectivity index (χ0v) is 13.5. The van der Waals surface area contributed by atoms with Gasteiger partial charge in [-0.3, -0.25) is 9.59 Å². The van der Waals surface area contributed by atoms with Crippen LogP contribution in [0.5, 0.6) is 11.5 Å². The third kappa shape index (κ3) is 3.40. The van der Waals surface area contributed by atoms with Crippen molar-refractivity contribution in [1.29, 1.82) is 0 Å². The zero-order valence-electron chi connectivity index (χ0n) is 13.5. The molecule has 1 aliphatic heterocycles. The lowest BCUT2D eigenvalue weighted by molar-refractivity contribution is -0.134. The SMILES string of the molecule is COc1ccc(C=O)cc1OCC(=O)N1CCc2ccccc2C1. The van der Waals surface area contributed by atoms with Gasteiger partial charge in [0.05, 0.1) is 7.11 Å². The second-order valence-electron chi connectivity index (χ2n) is 5.65. The molecule has 2 aromatic carbocycles. The molecule has 124 valence electrons. The van der Waals surface area contributed by atoms with E-state index in [0.29, 0.717) is 30.2 Å². The van der Waals surface area contributed by atoms with Gasteiger partial charge >= 0.3 is 0 Å². The Hall–Kier alpha value is -2.82. The van der Waals surface area contributed by atoms with Crippen LogP contribution in [0.1, 0.15) is 21.5 Å². The highest BCUT2D eigenvalue weighted by atomic mass is 16.5. The zero-order chi connectivity index (χ0) is 16.9. The van der Waals surface area contributed by atoms with E-state index >= 15 is 0 Å². The van der Waals surface area contributed by atoms with Crippen LogP contribution < -0.4 is 9.47 Å². The Kier molecular flexibility index (Phi) is 4.79. The van der Waals surface area contributed by atoms with Gasteiger partial charge in [-0.2, -0.15) is 0 Å². The van der Waals surface area contributed by atoms with Gasteiger partial charge in [0, 0.05) is 18.7 Å². The topological polar surface area (TPSA) is 55.8 Å². The van der Waals surface area contributed by atoms with Gasteiger partial charge in [-0.05, 0) is 35.7 Å². The van der Waals surface area contributed by atoms with Gasteiger partial charge < -0.3 is 14.4 Å². The molecule has 0 spiro atoms. The number of carbonyl (C=O) groups is 2. The summed E-state index contributed by atoms with van der Waals surface area (Å²) in [5.41, 5.74) is 2.95. The summed E-state index contributed by atoms with van der Waals surface area (Å²) in [5, 5.41) is 0. The molecule has 5 heteroatoms. The number of hydrogen-bond acceptors (Lipinski definition) is 4. The number of carbonyl (C=O) groups excluding carboxylic acids is 2. The molecule has 0 saturated heterocycles. The van der Waals surface area contributed by atoms with Crippen molar-refractivity contribution in [2.75, 3.05) is 20.3 Å². The monoisotopic (exact) mass is 325 g/mol. The number of aldehydes is 1. The van der Waals surface area contributed by atoms with Crippen LogP contribution in [0.3, 0.4) is 0 Å². The minimum Gasteiger partial charge on any atom is -0.493 e. The van der Waals surface area contributed by atoms with E-state index in [1.807, 2.05) is 18.2 Å². The van der Waals surface area contributed by atoms with Crippen molar-refractivity contribution >= 4 is 12.2 Å². The van der Waals surface area contributed by atoms with Gasteiger partial charge in [-0.15, -0.1) is 0 Å². The van der Waals surface area contributed by atoms with Crippen molar-refractivity contribution in [2.24, 2.45) is 0 Å². The van der Waals surface area contributed by atoms with Gasteiger partial charge in [0.2, 0.25) is 0 Å². The third-order valence-corrected chi connectivity index (χ3v) is 4.16. The molecule has 1 heterocycles. The normalized spacial score (nSPS) is 13.1. The number of ether oxygens (including phenoxy) is 2. The quantitative estimate of drug-likeness (QED) is 0.793. The fourth-order valence-electron chi connectivity index (χ4n) is 2.82. The van der Waals surface area contributed by atoms with Crippen molar-refractivity contribution in [1.82, 2.24) is 4.90 Å². The highest BCUT2D eigenvalue weighted by Gasteiger charge is 2.21. The number of amides is 1. The molecule has 0 saturated carbocycles. The van der Waals surface area contributed by atoms with Crippen molar-refractivity contribution in [3.8, 4) is 11.5 Å². The van der Waals surface area contributed by atoms with Crippen LogP contribution >= 0.6 is 0 Å². The summed E-state index contributed by atoms with van der Waals surface area (Å²) in [7, 11) is 1.52. The molecule has 0 unspecified atom stereocenters. The van der Waals surface area contributed by atoms with E-state index in [1.165, 1.54) is 18.2 Å². The number of hydrogen-bond donors (Lipinski definition) is 0. The lowest BCUT2D eigenvalue weighted by Crippen LogP contribution is -2.38. The second kappa shape index (κ2) is 7.17. The van der Waals surface area contributed by atoms with Gasteiger partial charge in [0.1, 0.15) is 6.29 Å². The minimum absolute atomic E-state index is 0.0805. The minimum atomic E-state index is -0.0825. The van der Waals surface area contributed by atoms with E-state index in [0.717, 1.165) is 12.7 Å². The Morgan fingerprint density at radius 2 is 1.96 bits per heavy atom. The van der Waals surface area contributed by atoms with Crippen LogP contribution in [-0.2, 0) is 17.8 Å². The summed E-state index contributed by atoms with van der Waals surface area (Å²) in [6.07, 6.45) is 1.58. The van der Waals surface area contributed by atoms with Crippen LogP contribution in [0.2, 0.25) is 0 Å². The largest absolute Gasteiger partial charge is 0.493 e. The van der Waals surface area contributed by atoms with Crippen molar-refractivity contribution in [2.45, 2.75) is 13.0 Å². The molecule has 2 aromatic rings. The third-order valence-electron chi connectivity index (χ3n) is 4.16. The van der Waals surface area contributed by atoms with Crippen LogP contribution in [0.15, 0.2) is 42.5 Å². The van der Waals surface area contributed by atoms with E-state index in [4.69, 9.17) is 9.47 Å². The highest BCUT2D eigenvalue weighted by Crippen LogP contribution is 2.27. The lowest BCUT2D eigenvalue weighted by Gasteiger charge is -2.28. The molecular formula is C19H19NO4. The predicted molar refractivity (Wildman–Crippen MR) is 89.4 cm³/mol. The predicted octanol–water partition coefficient (Wildman–Crippen LogP) is 2.47. The van der Waals surface area contributed by atoms with Crippen LogP contribution in [-0.4, -0.2) is 37.4 Å². The molecule has 0 bridgehead atoms. The summed E-state index contributed by atoms with van der Waals surface area (Å²) >= 11 is 0. The molecule has 0 atom stereocenters. The van der Waals surface area contributed by atoms with E-state index in [1.54, 1.807) is 23.1 Å². The standard InChI is InChI=1S/C19H19NO4/c1-23-17-7-6-14(12-21)10-18(17)24-13-19(22)20-9-8-15-4-2-3-5-16(15)11-20/h2-7,10,12H,8-9,11,13H2,1H3. The summed E-state index contributed by atoms with van der Waals surface area (Å²) < 4.78 is 10.8. The highest BCUT2D eigenvalue weighted by molar-refractivity contribution is 5.79. The second-order valence-corrected chi connectivity index (χ2v) is 5.65. The molecule has 1 aliphatic rings. The average Bonchev–Trinajstić information content (AvgIpc) is 2.65. The first-order valence-corrected chi connectivity index (χ1v) is 7.82. The van der Waals surface area contributed by atoms with E-state index in [-0.39, 0.29) is 12.5 Å². The summed E-state index contributed by atoms with van der Waals surface area (Å²) in [6.45, 7) is 1.20. The van der Waals surface area contributed by atoms with Gasteiger partial charge in [0.25, 0.3) is 5.91 Å². The summed E-state index contributed by atoms with van der Waals surface area (Å²) in [6, 6.07) is 13.0. The fourth-order valence-corrected chi connectivity index (χ4v) is 2.82. The first-order chi connectivity index (χ1) is 11.7. The van der Waals surface area contributed by atoms with E-state index in [9.17, 15) is 9.59 Å². The molecule has 5 nitrogen and oxygen atoms in total. The molecule has 24 heavy (non-hydrogen) atoms. The van der Waals surface area contributed by atoms with Gasteiger partial charge in [-0.1, -0.05) is 24.3 Å². The number of rotatable bonds is 5. The van der Waals surface area contributed by atoms with Crippen LogP contribution in [0.4, 0.5) is 0 Å². The number of fused-ring (bicyclic) bond motifs is 1. The van der Waals surface area contributed by atoms with Crippen molar-refractivity contribution in [3.63, 3.8) is 0 Å². The van der Waals surface area contributed by atoms with Crippen LogP contribution in [0, 0.1) is 0 Å². The summed E-state index contributed by atoms with van der Waals surface area (Å²) in [5.74, 6) is 0.813. The maximum Gasteiger partial charge on any atom is 0.260 e. The molecule has 0 aromatic heterocycles. The first kappa shape index (κ1) is 16.1. The van der Waals surface area contributed by atoms with Gasteiger partial charge in [0.15, 0.2) is 18.1 Å². The Labute approximate surface area is 140 Å². The maximum atomic E-state index is 12.4. The maximum absolute atomic E-state index is 12.4. The van der Waals surface area contributed by atoms with Crippen molar-refractivity contribution in [3.05, 3.63) is 59.2 Å². The number of nitrogens with zero attached hydrogens (tertiary/aromatic N) is 1. The smallest absolute Gasteiger partial charge is 0.260 e. The number of benzene rings is 2. The molecule has 0 radical (unpaired) electrons. The van der Waals surface area contributed by atoms with E-state index in [2.05, 4.69) is 6.07 Å². The van der Waals surface area contributed by atoms with Gasteiger partial charge in [-0.25, -0.2) is 0 Å². The average molecular weight is 325 g/mol. The molecule has 0 fully saturated rings. The Morgan fingerprint density at radius 3 is 2.71 bits per heavy atom. The lowest BCUT2D eigenvalue weighted by atomic mass is 10.00. The number of methoxy groups -OCH3 is 1. The van der Waals surface area contributed by atoms with Crippen LogP contribution in [0.25, 0.3) is 0 Å². The molecule has 0 aliphatic carbocycles. The Morgan fingerprint density at radius 1 is 1.17 bits per heavy atom. The van der Waals surface area contributed by atoms with Crippen molar-refractivity contribution < 1.29 is 19.1 Å². The first-order valence-electron chi connectivity index (χ1n) is 7.82. The Bertz CT molecular complexity index is 757. The summed E-state index contributed by atoms with van der Waals surface area (Å²) in [4.78, 5) is 25.1. The van der Waals surface area contributed by atoms with E-state index < -0.39 is 0 Å². The fraction of sp³-hybridized carbons (Fsp3) is 0.263. The molecule has 3 rings (SSSR count). The molecule has 0 N–H and O–H groups in total. The molecular weight excluding hydrogens is 306 g/mol.